The molecule has 39 heavy (non-hydrogen) atoms. The minimum atomic E-state index is -0.185. The van der Waals surface area contributed by atoms with Crippen molar-refractivity contribution in [3.63, 3.8) is 0 Å². The van der Waals surface area contributed by atoms with Crippen LogP contribution in [0.3, 0.4) is 0 Å². The molecule has 0 saturated heterocycles. The van der Waals surface area contributed by atoms with E-state index in [0.29, 0.717) is 0 Å². The van der Waals surface area contributed by atoms with Gasteiger partial charge in [-0.1, -0.05) is 98.8 Å². The van der Waals surface area contributed by atoms with E-state index in [2.05, 4.69) is 140 Å². The van der Waals surface area contributed by atoms with Gasteiger partial charge in [0.25, 0.3) is 0 Å². The number of ether oxygens (including phenoxy) is 1. The number of rotatable bonds is 2. The second kappa shape index (κ2) is 8.09. The van der Waals surface area contributed by atoms with Gasteiger partial charge in [-0.15, -0.1) is 0 Å². The van der Waals surface area contributed by atoms with Crippen molar-refractivity contribution in [2.45, 2.75) is 19.3 Å². The van der Waals surface area contributed by atoms with Crippen LogP contribution in [0, 0.1) is 0 Å². The van der Waals surface area contributed by atoms with Gasteiger partial charge in [-0.3, -0.25) is 0 Å². The molecule has 1 aliphatic heterocycles. The highest BCUT2D eigenvalue weighted by molar-refractivity contribution is 6.21. The van der Waals surface area contributed by atoms with Crippen molar-refractivity contribution in [2.24, 2.45) is 0 Å². The quantitative estimate of drug-likeness (QED) is 0.230. The van der Waals surface area contributed by atoms with Gasteiger partial charge in [-0.25, -0.2) is 0 Å². The van der Waals surface area contributed by atoms with Crippen LogP contribution in [0.2, 0.25) is 0 Å². The number of hydrogen-bond acceptors (Lipinski definition) is 1. The SMILES string of the molecule is CC1(C)c2ccccc2Oc2ccc(-c3c4ccccc4cc4c5ccccc5n(-c5ccccc5)c34)cc21. The molecule has 0 fully saturated rings. The highest BCUT2D eigenvalue weighted by atomic mass is 16.5. The van der Waals surface area contributed by atoms with E-state index in [-0.39, 0.29) is 5.41 Å². The molecular weight excluding hydrogens is 474 g/mol. The van der Waals surface area contributed by atoms with Crippen LogP contribution in [0.4, 0.5) is 0 Å². The second-order valence-corrected chi connectivity index (χ2v) is 11.0. The Labute approximate surface area is 227 Å². The number of hydrogen-bond donors (Lipinski definition) is 0. The zero-order valence-corrected chi connectivity index (χ0v) is 22.0. The van der Waals surface area contributed by atoms with Gasteiger partial charge in [0, 0.05) is 38.6 Å². The van der Waals surface area contributed by atoms with Crippen LogP contribution in [0.1, 0.15) is 25.0 Å². The van der Waals surface area contributed by atoms with E-state index in [1.807, 2.05) is 6.07 Å². The number of para-hydroxylation sites is 3. The van der Waals surface area contributed by atoms with E-state index in [1.165, 1.54) is 54.8 Å². The molecule has 0 radical (unpaired) electrons. The summed E-state index contributed by atoms with van der Waals surface area (Å²) in [5.41, 5.74) is 8.30. The zero-order valence-electron chi connectivity index (χ0n) is 22.0. The fraction of sp³-hybridized carbons (Fsp3) is 0.0811. The molecule has 0 bridgehead atoms. The lowest BCUT2D eigenvalue weighted by Gasteiger charge is -2.34. The molecule has 0 saturated carbocycles. The van der Waals surface area contributed by atoms with Gasteiger partial charge >= 0.3 is 0 Å². The van der Waals surface area contributed by atoms with E-state index in [1.54, 1.807) is 0 Å². The van der Waals surface area contributed by atoms with Crippen LogP contribution >= 0.6 is 0 Å². The number of nitrogens with zero attached hydrogens (tertiary/aromatic N) is 1. The predicted molar refractivity (Wildman–Crippen MR) is 162 cm³/mol. The Morgan fingerprint density at radius 3 is 2.13 bits per heavy atom. The molecular formula is C37H27NO. The standard InChI is InChI=1S/C37H27NO/c1-37(2)30-17-9-11-19-33(30)39-34-21-20-25(23-31(34)37)35-27-15-7-6-12-24(27)22-29-28-16-8-10-18-32(28)38(36(29)35)26-13-4-3-5-14-26/h3-23H,1-2H3. The van der Waals surface area contributed by atoms with E-state index in [0.717, 1.165) is 17.2 Å². The third-order valence-corrected chi connectivity index (χ3v) is 8.42. The molecule has 7 aromatic rings. The Morgan fingerprint density at radius 2 is 1.26 bits per heavy atom. The third kappa shape index (κ3) is 3.15. The smallest absolute Gasteiger partial charge is 0.131 e. The highest BCUT2D eigenvalue weighted by Crippen LogP contribution is 2.50. The first kappa shape index (κ1) is 22.2. The molecule has 0 spiro atoms. The monoisotopic (exact) mass is 501 g/mol. The molecule has 186 valence electrons. The largest absolute Gasteiger partial charge is 0.457 e. The molecule has 0 atom stereocenters. The van der Waals surface area contributed by atoms with Crippen molar-refractivity contribution in [3.05, 3.63) is 139 Å². The number of fused-ring (bicyclic) bond motifs is 6. The molecule has 0 aliphatic carbocycles. The van der Waals surface area contributed by atoms with Crippen molar-refractivity contribution in [1.29, 1.82) is 0 Å². The predicted octanol–water partition coefficient (Wildman–Crippen LogP) is 10.0. The molecule has 1 aromatic heterocycles. The summed E-state index contributed by atoms with van der Waals surface area (Å²) in [6.07, 6.45) is 0. The summed E-state index contributed by atoms with van der Waals surface area (Å²) in [5.74, 6) is 1.88. The zero-order chi connectivity index (χ0) is 26.1. The van der Waals surface area contributed by atoms with Gasteiger partial charge in [0.1, 0.15) is 11.5 Å². The first-order valence-corrected chi connectivity index (χ1v) is 13.5. The van der Waals surface area contributed by atoms with E-state index in [9.17, 15) is 0 Å². The van der Waals surface area contributed by atoms with E-state index < -0.39 is 0 Å². The van der Waals surface area contributed by atoms with Crippen LogP contribution in [-0.2, 0) is 5.41 Å². The first-order chi connectivity index (χ1) is 19.1. The summed E-state index contributed by atoms with van der Waals surface area (Å²) in [6, 6.07) is 45.8. The molecule has 1 aliphatic rings. The fourth-order valence-corrected chi connectivity index (χ4v) is 6.53. The molecule has 6 aromatic carbocycles. The van der Waals surface area contributed by atoms with Gasteiger partial charge < -0.3 is 9.30 Å². The van der Waals surface area contributed by atoms with Crippen molar-refractivity contribution in [3.8, 4) is 28.3 Å². The second-order valence-electron chi connectivity index (χ2n) is 11.0. The van der Waals surface area contributed by atoms with Crippen LogP contribution in [-0.4, -0.2) is 4.57 Å². The summed E-state index contributed by atoms with van der Waals surface area (Å²) >= 11 is 0. The lowest BCUT2D eigenvalue weighted by atomic mass is 9.75. The van der Waals surface area contributed by atoms with Gasteiger partial charge in [0.2, 0.25) is 0 Å². The molecule has 2 nitrogen and oxygen atoms in total. The summed E-state index contributed by atoms with van der Waals surface area (Å²) in [5, 5.41) is 5.02. The Morgan fingerprint density at radius 1 is 0.564 bits per heavy atom. The maximum absolute atomic E-state index is 6.41. The molecule has 8 rings (SSSR count). The van der Waals surface area contributed by atoms with Crippen LogP contribution in [0.5, 0.6) is 11.5 Å². The lowest BCUT2D eigenvalue weighted by Crippen LogP contribution is -2.24. The molecule has 2 heterocycles. The van der Waals surface area contributed by atoms with Crippen LogP contribution < -0.4 is 4.74 Å². The molecule has 2 heteroatoms. The molecule has 0 unspecified atom stereocenters. The van der Waals surface area contributed by atoms with Gasteiger partial charge in [0.05, 0.1) is 11.0 Å². The Kier molecular flexibility index (Phi) is 4.60. The number of benzene rings is 6. The Balaban J connectivity index is 1.51. The van der Waals surface area contributed by atoms with Crippen molar-refractivity contribution in [1.82, 2.24) is 4.57 Å². The van der Waals surface area contributed by atoms with Crippen molar-refractivity contribution in [2.75, 3.05) is 0 Å². The van der Waals surface area contributed by atoms with E-state index >= 15 is 0 Å². The van der Waals surface area contributed by atoms with Crippen LogP contribution in [0.25, 0.3) is 49.4 Å². The molecule has 0 N–H and O–H groups in total. The molecule has 0 amide bonds. The van der Waals surface area contributed by atoms with E-state index in [4.69, 9.17) is 4.74 Å². The normalized spacial score (nSPS) is 13.8. The van der Waals surface area contributed by atoms with Gasteiger partial charge in [-0.05, 0) is 58.8 Å². The average Bonchev–Trinajstić information content (AvgIpc) is 3.30. The van der Waals surface area contributed by atoms with Crippen LogP contribution in [0.15, 0.2) is 127 Å². The average molecular weight is 502 g/mol. The van der Waals surface area contributed by atoms with Gasteiger partial charge in [-0.2, -0.15) is 0 Å². The Hall–Kier alpha value is -4.82. The van der Waals surface area contributed by atoms with Gasteiger partial charge in [0.15, 0.2) is 0 Å². The Bertz CT molecular complexity index is 2060. The van der Waals surface area contributed by atoms with Crippen molar-refractivity contribution >= 4 is 32.6 Å². The third-order valence-electron chi connectivity index (χ3n) is 8.42. The first-order valence-electron chi connectivity index (χ1n) is 13.5. The maximum atomic E-state index is 6.41. The summed E-state index contributed by atoms with van der Waals surface area (Å²) < 4.78 is 8.85. The maximum Gasteiger partial charge on any atom is 0.131 e. The summed E-state index contributed by atoms with van der Waals surface area (Å²) in [4.78, 5) is 0. The summed E-state index contributed by atoms with van der Waals surface area (Å²) in [7, 11) is 0. The highest BCUT2D eigenvalue weighted by Gasteiger charge is 2.34. The minimum Gasteiger partial charge on any atom is -0.457 e. The number of aromatic nitrogens is 1. The summed E-state index contributed by atoms with van der Waals surface area (Å²) in [6.45, 7) is 4.60. The van der Waals surface area contributed by atoms with Crippen molar-refractivity contribution < 1.29 is 4.74 Å². The topological polar surface area (TPSA) is 14.2 Å². The lowest BCUT2D eigenvalue weighted by molar-refractivity contribution is 0.418. The minimum absolute atomic E-state index is 0.185. The fourth-order valence-electron chi connectivity index (χ4n) is 6.53.